The van der Waals surface area contributed by atoms with E-state index < -0.39 is 5.60 Å². The summed E-state index contributed by atoms with van der Waals surface area (Å²) in [4.78, 5) is 0.887. The van der Waals surface area contributed by atoms with Crippen molar-refractivity contribution in [3.63, 3.8) is 0 Å². The molecule has 2 heterocycles. The molecule has 0 bridgehead atoms. The van der Waals surface area contributed by atoms with Gasteiger partial charge in [0, 0.05) is 10.3 Å². The first-order valence-electron chi connectivity index (χ1n) is 5.84. The molecular weight excluding hydrogens is 244 g/mol. The molecule has 92 valence electrons. The van der Waals surface area contributed by atoms with E-state index in [9.17, 15) is 5.11 Å². The van der Waals surface area contributed by atoms with Crippen LogP contribution in [0.5, 0.6) is 0 Å². The van der Waals surface area contributed by atoms with E-state index in [0.29, 0.717) is 5.76 Å². The Hall–Kier alpha value is -1.58. The maximum Gasteiger partial charge on any atom is 0.153 e. The van der Waals surface area contributed by atoms with E-state index in [1.165, 1.54) is 16.9 Å². The summed E-state index contributed by atoms with van der Waals surface area (Å²) in [6, 6.07) is 11.8. The first kappa shape index (κ1) is 11.5. The van der Waals surface area contributed by atoms with Crippen LogP contribution in [0.1, 0.15) is 23.1 Å². The summed E-state index contributed by atoms with van der Waals surface area (Å²) < 4.78 is 5.77. The largest absolute Gasteiger partial charge is 0.458 e. The molecule has 0 aliphatic carbocycles. The van der Waals surface area contributed by atoms with Crippen LogP contribution in [0.4, 0.5) is 0 Å². The van der Waals surface area contributed by atoms with E-state index in [-0.39, 0.29) is 0 Å². The highest BCUT2D eigenvalue weighted by Gasteiger charge is 2.30. The number of hydrogen-bond donors (Lipinski definition) is 1. The number of benzene rings is 1. The molecule has 1 aromatic carbocycles. The fourth-order valence-electron chi connectivity index (χ4n) is 2.08. The summed E-state index contributed by atoms with van der Waals surface area (Å²) in [5.41, 5.74) is 0.930. The number of rotatable bonds is 2. The second-order valence-corrected chi connectivity index (χ2v) is 5.65. The smallest absolute Gasteiger partial charge is 0.153 e. The SMILES string of the molecule is Cc1ccc2oc(C(C)(O)c3cccs3)cc2c1. The van der Waals surface area contributed by atoms with Gasteiger partial charge in [-0.15, -0.1) is 11.3 Å². The van der Waals surface area contributed by atoms with Gasteiger partial charge in [-0.2, -0.15) is 0 Å². The average Bonchev–Trinajstić information content (AvgIpc) is 2.97. The van der Waals surface area contributed by atoms with Gasteiger partial charge >= 0.3 is 0 Å². The van der Waals surface area contributed by atoms with Gasteiger partial charge in [0.05, 0.1) is 0 Å². The van der Waals surface area contributed by atoms with Crippen molar-refractivity contribution in [2.45, 2.75) is 19.4 Å². The van der Waals surface area contributed by atoms with Crippen molar-refractivity contribution >= 4 is 22.3 Å². The summed E-state index contributed by atoms with van der Waals surface area (Å²) >= 11 is 1.53. The third-order valence-corrected chi connectivity index (χ3v) is 4.23. The zero-order chi connectivity index (χ0) is 12.8. The lowest BCUT2D eigenvalue weighted by molar-refractivity contribution is 0.0824. The highest BCUT2D eigenvalue weighted by Crippen LogP contribution is 2.35. The van der Waals surface area contributed by atoms with Crippen LogP contribution < -0.4 is 0 Å². The van der Waals surface area contributed by atoms with Crippen LogP contribution in [0.25, 0.3) is 11.0 Å². The standard InChI is InChI=1S/C15H14O2S/c1-10-5-6-12-11(8-10)9-13(17-12)15(2,16)14-4-3-7-18-14/h3-9,16H,1-2H3. The lowest BCUT2D eigenvalue weighted by Crippen LogP contribution is -2.20. The molecule has 3 aromatic rings. The quantitative estimate of drug-likeness (QED) is 0.752. The van der Waals surface area contributed by atoms with Crippen molar-refractivity contribution in [3.05, 3.63) is 58.0 Å². The minimum Gasteiger partial charge on any atom is -0.458 e. The molecule has 0 saturated heterocycles. The maximum atomic E-state index is 10.6. The van der Waals surface area contributed by atoms with Crippen LogP contribution in [-0.4, -0.2) is 5.11 Å². The summed E-state index contributed by atoms with van der Waals surface area (Å²) in [5.74, 6) is 0.588. The van der Waals surface area contributed by atoms with Crippen LogP contribution in [0.3, 0.4) is 0 Å². The Morgan fingerprint density at radius 2 is 2.06 bits per heavy atom. The molecule has 1 atom stereocenters. The topological polar surface area (TPSA) is 33.4 Å². The van der Waals surface area contributed by atoms with Gasteiger partial charge in [0.15, 0.2) is 5.60 Å². The average molecular weight is 258 g/mol. The van der Waals surface area contributed by atoms with E-state index in [2.05, 4.69) is 6.07 Å². The monoisotopic (exact) mass is 258 g/mol. The maximum absolute atomic E-state index is 10.6. The molecular formula is C15H14O2S. The Morgan fingerprint density at radius 1 is 1.22 bits per heavy atom. The van der Waals surface area contributed by atoms with Gasteiger partial charge in [-0.3, -0.25) is 0 Å². The zero-order valence-electron chi connectivity index (χ0n) is 10.3. The van der Waals surface area contributed by atoms with Crippen LogP contribution >= 0.6 is 11.3 Å². The van der Waals surface area contributed by atoms with Crippen molar-refractivity contribution in [2.75, 3.05) is 0 Å². The minimum absolute atomic E-state index is 0.588. The summed E-state index contributed by atoms with van der Waals surface area (Å²) in [6.45, 7) is 3.81. The molecule has 0 saturated carbocycles. The Balaban J connectivity index is 2.14. The van der Waals surface area contributed by atoms with Gasteiger partial charge in [0.1, 0.15) is 11.3 Å². The van der Waals surface area contributed by atoms with Crippen molar-refractivity contribution in [1.29, 1.82) is 0 Å². The molecule has 3 rings (SSSR count). The second kappa shape index (κ2) is 3.97. The van der Waals surface area contributed by atoms with Crippen molar-refractivity contribution in [3.8, 4) is 0 Å². The molecule has 2 aromatic heterocycles. The molecule has 0 spiro atoms. The predicted octanol–water partition coefficient (Wildman–Crippen LogP) is 4.06. The Labute approximate surface area is 109 Å². The van der Waals surface area contributed by atoms with Crippen molar-refractivity contribution < 1.29 is 9.52 Å². The van der Waals surface area contributed by atoms with Gasteiger partial charge in [-0.25, -0.2) is 0 Å². The van der Waals surface area contributed by atoms with Crippen LogP contribution in [-0.2, 0) is 5.60 Å². The fourth-order valence-corrected chi connectivity index (χ4v) is 2.87. The van der Waals surface area contributed by atoms with Crippen LogP contribution in [0.15, 0.2) is 46.2 Å². The first-order chi connectivity index (χ1) is 8.57. The molecule has 0 amide bonds. The molecule has 0 fully saturated rings. The van der Waals surface area contributed by atoms with Gasteiger partial charge in [-0.05, 0) is 43.5 Å². The highest BCUT2D eigenvalue weighted by molar-refractivity contribution is 7.10. The summed E-state index contributed by atoms with van der Waals surface area (Å²) in [7, 11) is 0. The molecule has 1 N–H and O–H groups in total. The fraction of sp³-hybridized carbons (Fsp3) is 0.200. The normalized spacial score (nSPS) is 14.8. The Bertz CT molecular complexity index is 678. The Morgan fingerprint density at radius 3 is 2.78 bits per heavy atom. The number of aliphatic hydroxyl groups is 1. The van der Waals surface area contributed by atoms with Crippen LogP contribution in [0, 0.1) is 6.92 Å². The molecule has 0 radical (unpaired) electrons. The molecule has 1 unspecified atom stereocenters. The third kappa shape index (κ3) is 1.76. The lowest BCUT2D eigenvalue weighted by Gasteiger charge is -2.18. The third-order valence-electron chi connectivity index (χ3n) is 3.15. The van der Waals surface area contributed by atoms with E-state index >= 15 is 0 Å². The lowest BCUT2D eigenvalue weighted by atomic mass is 10.0. The molecule has 18 heavy (non-hydrogen) atoms. The van der Waals surface area contributed by atoms with Crippen LogP contribution in [0.2, 0.25) is 0 Å². The molecule has 0 aliphatic rings. The van der Waals surface area contributed by atoms with Crippen molar-refractivity contribution in [1.82, 2.24) is 0 Å². The minimum atomic E-state index is -1.07. The summed E-state index contributed by atoms with van der Waals surface area (Å²) in [5, 5.41) is 13.6. The highest BCUT2D eigenvalue weighted by atomic mass is 32.1. The Kier molecular flexibility index (Phi) is 2.54. The second-order valence-electron chi connectivity index (χ2n) is 4.70. The number of furan rings is 1. The van der Waals surface area contributed by atoms with E-state index in [1.807, 2.05) is 42.6 Å². The number of thiophene rings is 1. The predicted molar refractivity (Wildman–Crippen MR) is 73.9 cm³/mol. The number of hydrogen-bond acceptors (Lipinski definition) is 3. The van der Waals surface area contributed by atoms with Gasteiger partial charge < -0.3 is 9.52 Å². The van der Waals surface area contributed by atoms with Gasteiger partial charge in [0.25, 0.3) is 0 Å². The van der Waals surface area contributed by atoms with E-state index in [1.54, 1.807) is 6.92 Å². The number of aryl methyl sites for hydroxylation is 1. The zero-order valence-corrected chi connectivity index (χ0v) is 11.1. The molecule has 0 aliphatic heterocycles. The van der Waals surface area contributed by atoms with E-state index in [4.69, 9.17) is 4.42 Å². The van der Waals surface area contributed by atoms with Gasteiger partial charge in [-0.1, -0.05) is 17.7 Å². The molecule has 3 heteroatoms. The summed E-state index contributed by atoms with van der Waals surface area (Å²) in [6.07, 6.45) is 0. The van der Waals surface area contributed by atoms with Crippen molar-refractivity contribution in [2.24, 2.45) is 0 Å². The number of fused-ring (bicyclic) bond motifs is 1. The molecule has 2 nitrogen and oxygen atoms in total. The van der Waals surface area contributed by atoms with E-state index in [0.717, 1.165) is 15.8 Å². The van der Waals surface area contributed by atoms with Gasteiger partial charge in [0.2, 0.25) is 0 Å². The first-order valence-corrected chi connectivity index (χ1v) is 6.72.